The molecule has 1 aromatic carbocycles. The van der Waals surface area contributed by atoms with Gasteiger partial charge < -0.3 is 15.2 Å². The molecule has 1 aliphatic heterocycles. The third kappa shape index (κ3) is 3.34. The minimum Gasteiger partial charge on any atom is -0.325 e. The summed E-state index contributed by atoms with van der Waals surface area (Å²) in [5.74, 6) is 0.614. The van der Waals surface area contributed by atoms with Gasteiger partial charge in [-0.05, 0) is 53.0 Å². The van der Waals surface area contributed by atoms with Gasteiger partial charge >= 0.3 is 6.03 Å². The van der Waals surface area contributed by atoms with Crippen LogP contribution in [0.15, 0.2) is 34.9 Å². The van der Waals surface area contributed by atoms with Gasteiger partial charge in [-0.1, -0.05) is 11.6 Å². The molecule has 0 aliphatic carbocycles. The lowest BCUT2D eigenvalue weighted by atomic mass is 10.2. The first-order chi connectivity index (χ1) is 12.1. The fraction of sp³-hybridized carbons (Fsp3) is 0.235. The van der Waals surface area contributed by atoms with Gasteiger partial charge in [0.2, 0.25) is 0 Å². The van der Waals surface area contributed by atoms with Gasteiger partial charge in [0, 0.05) is 35.0 Å². The number of aromatic amines is 1. The molecule has 0 saturated carbocycles. The number of halogens is 2. The second-order valence-corrected chi connectivity index (χ2v) is 7.25. The number of rotatable bonds is 2. The fourth-order valence-corrected chi connectivity index (χ4v) is 3.43. The standard InChI is InChI=1S/C17H15BrClN5O/c18-10-7-14-16(20-9-10)23-15(22-14)12-8-11(3-4-13(12)19)21-17(25)24-5-1-2-6-24/h3-4,7-9H,1-2,5-6H2,(H,21,25)(H,20,22,23). The summed E-state index contributed by atoms with van der Waals surface area (Å²) in [7, 11) is 0. The highest BCUT2D eigenvalue weighted by Crippen LogP contribution is 2.30. The molecule has 0 bridgehead atoms. The van der Waals surface area contributed by atoms with Gasteiger partial charge in [0.05, 0.1) is 5.02 Å². The van der Waals surface area contributed by atoms with E-state index in [0.29, 0.717) is 22.2 Å². The van der Waals surface area contributed by atoms with Gasteiger partial charge in [0.25, 0.3) is 0 Å². The molecule has 0 spiro atoms. The maximum atomic E-state index is 12.3. The molecule has 25 heavy (non-hydrogen) atoms. The van der Waals surface area contributed by atoms with Gasteiger partial charge in [-0.15, -0.1) is 0 Å². The molecule has 2 aromatic heterocycles. The number of urea groups is 1. The topological polar surface area (TPSA) is 73.9 Å². The Balaban J connectivity index is 1.65. The number of likely N-dealkylation sites (tertiary alicyclic amines) is 1. The molecule has 1 saturated heterocycles. The molecular weight excluding hydrogens is 406 g/mol. The summed E-state index contributed by atoms with van der Waals surface area (Å²) in [6, 6.07) is 7.17. The van der Waals surface area contributed by atoms with Crippen LogP contribution in [-0.4, -0.2) is 39.0 Å². The number of fused-ring (bicyclic) bond motifs is 1. The number of amides is 2. The number of imidazole rings is 1. The van der Waals surface area contributed by atoms with Crippen LogP contribution in [0, 0.1) is 0 Å². The Morgan fingerprint density at radius 2 is 2.08 bits per heavy atom. The molecule has 6 nitrogen and oxygen atoms in total. The summed E-state index contributed by atoms with van der Waals surface area (Å²) in [6.07, 6.45) is 3.82. The van der Waals surface area contributed by atoms with Crippen LogP contribution < -0.4 is 5.32 Å². The first kappa shape index (κ1) is 16.4. The molecule has 1 fully saturated rings. The van der Waals surface area contributed by atoms with Crippen molar-refractivity contribution in [3.05, 3.63) is 40.0 Å². The van der Waals surface area contributed by atoms with Crippen molar-refractivity contribution in [3.63, 3.8) is 0 Å². The summed E-state index contributed by atoms with van der Waals surface area (Å²) < 4.78 is 0.857. The van der Waals surface area contributed by atoms with Gasteiger partial charge in [-0.2, -0.15) is 0 Å². The van der Waals surface area contributed by atoms with Gasteiger partial charge in [0.15, 0.2) is 5.65 Å². The van der Waals surface area contributed by atoms with Gasteiger partial charge in [0.1, 0.15) is 11.3 Å². The Morgan fingerprint density at radius 3 is 2.88 bits per heavy atom. The predicted molar refractivity (Wildman–Crippen MR) is 102 cm³/mol. The van der Waals surface area contributed by atoms with Crippen LogP contribution in [0.2, 0.25) is 5.02 Å². The number of H-pyrrole nitrogens is 1. The second kappa shape index (κ2) is 6.65. The van der Waals surface area contributed by atoms with E-state index in [1.807, 2.05) is 17.0 Å². The normalized spacial score (nSPS) is 14.2. The number of aromatic nitrogens is 3. The largest absolute Gasteiger partial charge is 0.325 e. The van der Waals surface area contributed by atoms with Crippen LogP contribution in [-0.2, 0) is 0 Å². The summed E-state index contributed by atoms with van der Waals surface area (Å²) in [6.45, 7) is 1.60. The molecule has 3 aromatic rings. The molecular formula is C17H15BrClN5O. The summed E-state index contributed by atoms with van der Waals surface area (Å²) in [4.78, 5) is 26.1. The smallest absolute Gasteiger partial charge is 0.321 e. The van der Waals surface area contributed by atoms with E-state index in [0.717, 1.165) is 41.5 Å². The van der Waals surface area contributed by atoms with E-state index in [-0.39, 0.29) is 6.03 Å². The average molecular weight is 421 g/mol. The fourth-order valence-electron chi connectivity index (χ4n) is 2.91. The number of benzene rings is 1. The Hall–Kier alpha value is -2.12. The molecule has 3 heterocycles. The lowest BCUT2D eigenvalue weighted by molar-refractivity contribution is 0.222. The number of nitrogens with zero attached hydrogens (tertiary/aromatic N) is 3. The first-order valence-electron chi connectivity index (χ1n) is 7.97. The van der Waals surface area contributed by atoms with Crippen molar-refractivity contribution in [1.29, 1.82) is 0 Å². The third-order valence-electron chi connectivity index (χ3n) is 4.17. The average Bonchev–Trinajstić information content (AvgIpc) is 3.25. The van der Waals surface area contributed by atoms with Crippen molar-refractivity contribution in [2.45, 2.75) is 12.8 Å². The Labute approximate surface area is 157 Å². The molecule has 2 N–H and O–H groups in total. The van der Waals surface area contributed by atoms with Crippen molar-refractivity contribution in [2.24, 2.45) is 0 Å². The lowest BCUT2D eigenvalue weighted by Gasteiger charge is -2.16. The molecule has 2 amide bonds. The molecule has 4 rings (SSSR count). The van der Waals surface area contributed by atoms with Crippen molar-refractivity contribution < 1.29 is 4.79 Å². The number of pyridine rings is 1. The molecule has 0 atom stereocenters. The number of hydrogen-bond donors (Lipinski definition) is 2. The zero-order valence-corrected chi connectivity index (χ0v) is 15.6. The van der Waals surface area contributed by atoms with E-state index in [1.165, 1.54) is 0 Å². The predicted octanol–water partition coefficient (Wildman–Crippen LogP) is 4.67. The quantitative estimate of drug-likeness (QED) is 0.633. The summed E-state index contributed by atoms with van der Waals surface area (Å²) in [5.41, 5.74) is 2.83. The maximum absolute atomic E-state index is 12.3. The highest BCUT2D eigenvalue weighted by molar-refractivity contribution is 9.10. The highest BCUT2D eigenvalue weighted by Gasteiger charge is 2.18. The van der Waals surface area contributed by atoms with Crippen LogP contribution >= 0.6 is 27.5 Å². The van der Waals surface area contributed by atoms with Crippen LogP contribution in [0.1, 0.15) is 12.8 Å². The first-order valence-corrected chi connectivity index (χ1v) is 9.14. The number of carbonyl (C=O) groups is 1. The van der Waals surface area contributed by atoms with E-state index < -0.39 is 0 Å². The Bertz CT molecular complexity index is 951. The second-order valence-electron chi connectivity index (χ2n) is 5.93. The number of nitrogens with one attached hydrogen (secondary N) is 2. The molecule has 1 aliphatic rings. The number of carbonyl (C=O) groups excluding carboxylic acids is 1. The van der Waals surface area contributed by atoms with Crippen LogP contribution in [0.4, 0.5) is 10.5 Å². The van der Waals surface area contributed by atoms with E-state index >= 15 is 0 Å². The van der Waals surface area contributed by atoms with E-state index in [2.05, 4.69) is 36.2 Å². The Kier molecular flexibility index (Phi) is 4.35. The molecule has 0 radical (unpaired) electrons. The molecule has 128 valence electrons. The summed E-state index contributed by atoms with van der Waals surface area (Å²) in [5, 5.41) is 3.48. The van der Waals surface area contributed by atoms with Gasteiger partial charge in [-0.25, -0.2) is 14.8 Å². The lowest BCUT2D eigenvalue weighted by Crippen LogP contribution is -2.32. The minimum atomic E-state index is -0.0824. The SMILES string of the molecule is O=C(Nc1ccc(Cl)c(-c2nc3cc(Br)cnc3[nH]2)c1)N1CCCC1. The number of hydrogen-bond acceptors (Lipinski definition) is 3. The van der Waals surface area contributed by atoms with Crippen LogP contribution in [0.25, 0.3) is 22.6 Å². The van der Waals surface area contributed by atoms with Crippen LogP contribution in [0.5, 0.6) is 0 Å². The molecule has 8 heteroatoms. The zero-order chi connectivity index (χ0) is 17.4. The van der Waals surface area contributed by atoms with Crippen molar-refractivity contribution in [3.8, 4) is 11.4 Å². The number of anilines is 1. The van der Waals surface area contributed by atoms with E-state index in [4.69, 9.17) is 11.6 Å². The third-order valence-corrected chi connectivity index (χ3v) is 4.93. The minimum absolute atomic E-state index is 0.0824. The molecule has 0 unspecified atom stereocenters. The highest BCUT2D eigenvalue weighted by atomic mass is 79.9. The van der Waals surface area contributed by atoms with Gasteiger partial charge in [-0.3, -0.25) is 0 Å². The van der Waals surface area contributed by atoms with Crippen molar-refractivity contribution in [1.82, 2.24) is 19.9 Å². The van der Waals surface area contributed by atoms with E-state index in [1.54, 1.807) is 18.3 Å². The monoisotopic (exact) mass is 419 g/mol. The summed E-state index contributed by atoms with van der Waals surface area (Å²) >= 11 is 9.73. The van der Waals surface area contributed by atoms with E-state index in [9.17, 15) is 4.79 Å². The Morgan fingerprint density at radius 1 is 1.28 bits per heavy atom. The zero-order valence-electron chi connectivity index (χ0n) is 13.2. The van der Waals surface area contributed by atoms with Crippen molar-refractivity contribution >= 4 is 50.4 Å². The van der Waals surface area contributed by atoms with Crippen LogP contribution in [0.3, 0.4) is 0 Å². The maximum Gasteiger partial charge on any atom is 0.321 e. The van der Waals surface area contributed by atoms with Crippen molar-refractivity contribution in [2.75, 3.05) is 18.4 Å².